The molecule has 2 fully saturated rings. The molecule has 5 heteroatoms. The highest BCUT2D eigenvalue weighted by Gasteiger charge is 2.45. The smallest absolute Gasteiger partial charge is 0.240 e. The first-order chi connectivity index (χ1) is 10.8. The van der Waals surface area contributed by atoms with E-state index >= 15 is 0 Å². The predicted octanol–water partition coefficient (Wildman–Crippen LogP) is 2.66. The Kier molecular flexibility index (Phi) is 3.21. The van der Waals surface area contributed by atoms with E-state index in [1.54, 1.807) is 11.0 Å². The standard InChI is InChI=1S/C17H18N2O3/c20-13-10-19(11-6-2-1-3-7-11)17(21)15(13)16-12-8-4-5-9-14(12)22-18-16/h4-5,8-9,11,15H,1-3,6-7,10H2/t15-/m1/s1. The SMILES string of the molecule is O=C1CN(C2CCCCC2)C(=O)[C@H]1c1noc2ccccc12. The molecule has 1 aliphatic heterocycles. The van der Waals surface area contributed by atoms with Gasteiger partial charge in [-0.25, -0.2) is 0 Å². The zero-order valence-electron chi connectivity index (χ0n) is 12.3. The van der Waals surface area contributed by atoms with Gasteiger partial charge in [-0.3, -0.25) is 9.59 Å². The second-order valence-electron chi connectivity index (χ2n) is 6.22. The zero-order chi connectivity index (χ0) is 15.1. The number of rotatable bonds is 2. The van der Waals surface area contributed by atoms with Crippen LogP contribution in [-0.2, 0) is 9.59 Å². The van der Waals surface area contributed by atoms with Crippen LogP contribution in [0.3, 0.4) is 0 Å². The molecule has 0 radical (unpaired) electrons. The van der Waals surface area contributed by atoms with E-state index in [0.717, 1.165) is 31.1 Å². The predicted molar refractivity (Wildman–Crippen MR) is 80.3 cm³/mol. The number of hydrogen-bond acceptors (Lipinski definition) is 4. The fourth-order valence-electron chi connectivity index (χ4n) is 3.73. The van der Waals surface area contributed by atoms with Crippen molar-refractivity contribution in [1.29, 1.82) is 0 Å². The maximum absolute atomic E-state index is 12.8. The van der Waals surface area contributed by atoms with Crippen molar-refractivity contribution in [3.63, 3.8) is 0 Å². The first-order valence-corrected chi connectivity index (χ1v) is 7.93. The number of Topliss-reactive ketones (excluding diaryl/α,β-unsaturated/α-hetero) is 1. The second-order valence-corrected chi connectivity index (χ2v) is 6.22. The number of benzene rings is 1. The van der Waals surface area contributed by atoms with Crippen molar-refractivity contribution in [2.24, 2.45) is 0 Å². The molecule has 0 spiro atoms. The molecule has 2 aliphatic rings. The van der Waals surface area contributed by atoms with E-state index in [1.807, 2.05) is 18.2 Å². The van der Waals surface area contributed by atoms with Crippen LogP contribution in [-0.4, -0.2) is 34.3 Å². The van der Waals surface area contributed by atoms with Gasteiger partial charge >= 0.3 is 0 Å². The summed E-state index contributed by atoms with van der Waals surface area (Å²) in [6, 6.07) is 7.59. The van der Waals surface area contributed by atoms with E-state index in [0.29, 0.717) is 11.3 Å². The Hall–Kier alpha value is -2.17. The molecule has 0 N–H and O–H groups in total. The Morgan fingerprint density at radius 1 is 1.09 bits per heavy atom. The van der Waals surface area contributed by atoms with E-state index in [2.05, 4.69) is 5.16 Å². The molecule has 1 amide bonds. The molecule has 2 heterocycles. The Morgan fingerprint density at radius 3 is 2.68 bits per heavy atom. The van der Waals surface area contributed by atoms with Gasteiger partial charge in [0.05, 0.1) is 6.54 Å². The number of fused-ring (bicyclic) bond motifs is 1. The monoisotopic (exact) mass is 298 g/mol. The number of carbonyl (C=O) groups is 2. The molecule has 1 atom stereocenters. The molecule has 5 nitrogen and oxygen atoms in total. The lowest BCUT2D eigenvalue weighted by Gasteiger charge is -2.30. The van der Waals surface area contributed by atoms with Gasteiger partial charge in [0.25, 0.3) is 0 Å². The van der Waals surface area contributed by atoms with Crippen molar-refractivity contribution in [2.75, 3.05) is 6.54 Å². The van der Waals surface area contributed by atoms with Crippen LogP contribution in [0.1, 0.15) is 43.7 Å². The highest BCUT2D eigenvalue weighted by molar-refractivity contribution is 6.14. The van der Waals surface area contributed by atoms with Gasteiger partial charge in [-0.1, -0.05) is 36.6 Å². The largest absolute Gasteiger partial charge is 0.356 e. The van der Waals surface area contributed by atoms with Gasteiger partial charge in [-0.15, -0.1) is 0 Å². The number of amides is 1. The molecule has 114 valence electrons. The van der Waals surface area contributed by atoms with E-state index < -0.39 is 5.92 Å². The summed E-state index contributed by atoms with van der Waals surface area (Å²) in [7, 11) is 0. The van der Waals surface area contributed by atoms with Crippen LogP contribution in [0.5, 0.6) is 0 Å². The third-order valence-electron chi connectivity index (χ3n) is 4.87. The molecule has 0 bridgehead atoms. The zero-order valence-corrected chi connectivity index (χ0v) is 12.3. The van der Waals surface area contributed by atoms with Gasteiger partial charge in [-0.05, 0) is 25.0 Å². The summed E-state index contributed by atoms with van der Waals surface area (Å²) in [5.74, 6) is -0.948. The number of likely N-dealkylation sites (tertiary alicyclic amines) is 1. The number of ketones is 1. The Morgan fingerprint density at radius 2 is 1.86 bits per heavy atom. The fraction of sp³-hybridized carbons (Fsp3) is 0.471. The molecule has 1 aromatic heterocycles. The Bertz CT molecular complexity index is 730. The van der Waals surface area contributed by atoms with Crippen LogP contribution in [0.25, 0.3) is 11.0 Å². The van der Waals surface area contributed by atoms with Crippen LogP contribution < -0.4 is 0 Å². The third-order valence-corrected chi connectivity index (χ3v) is 4.87. The van der Waals surface area contributed by atoms with E-state index in [-0.39, 0.29) is 24.3 Å². The molecule has 1 aliphatic carbocycles. The first-order valence-electron chi connectivity index (χ1n) is 7.93. The molecular weight excluding hydrogens is 280 g/mol. The van der Waals surface area contributed by atoms with E-state index in [1.165, 1.54) is 6.42 Å². The van der Waals surface area contributed by atoms with Crippen molar-refractivity contribution >= 4 is 22.7 Å². The molecule has 1 aromatic carbocycles. The molecule has 22 heavy (non-hydrogen) atoms. The number of hydrogen-bond donors (Lipinski definition) is 0. The number of nitrogens with zero attached hydrogens (tertiary/aromatic N) is 2. The summed E-state index contributed by atoms with van der Waals surface area (Å²) in [6.07, 6.45) is 5.51. The van der Waals surface area contributed by atoms with Crippen LogP contribution in [0.15, 0.2) is 28.8 Å². The van der Waals surface area contributed by atoms with Crippen molar-refractivity contribution in [3.05, 3.63) is 30.0 Å². The van der Waals surface area contributed by atoms with Gasteiger partial charge in [-0.2, -0.15) is 0 Å². The van der Waals surface area contributed by atoms with Crippen molar-refractivity contribution in [1.82, 2.24) is 10.1 Å². The Labute approximate surface area is 128 Å². The van der Waals surface area contributed by atoms with Crippen LogP contribution in [0, 0.1) is 0 Å². The fourth-order valence-corrected chi connectivity index (χ4v) is 3.73. The minimum absolute atomic E-state index is 0.0605. The number of para-hydroxylation sites is 1. The summed E-state index contributed by atoms with van der Waals surface area (Å²) in [5, 5.41) is 4.78. The topological polar surface area (TPSA) is 63.4 Å². The summed E-state index contributed by atoms with van der Waals surface area (Å²) in [6.45, 7) is 0.218. The van der Waals surface area contributed by atoms with Crippen molar-refractivity contribution in [3.8, 4) is 0 Å². The second kappa shape index (κ2) is 5.23. The average Bonchev–Trinajstić information content (AvgIpc) is 3.09. The highest BCUT2D eigenvalue weighted by atomic mass is 16.5. The van der Waals surface area contributed by atoms with Crippen molar-refractivity contribution < 1.29 is 14.1 Å². The van der Waals surface area contributed by atoms with E-state index in [4.69, 9.17) is 4.52 Å². The highest BCUT2D eigenvalue weighted by Crippen LogP contribution is 2.34. The molecule has 1 saturated heterocycles. The lowest BCUT2D eigenvalue weighted by molar-refractivity contribution is -0.131. The minimum atomic E-state index is -0.787. The number of carbonyl (C=O) groups excluding carboxylic acids is 2. The quantitative estimate of drug-likeness (QED) is 0.800. The Balaban J connectivity index is 1.67. The maximum atomic E-state index is 12.8. The average molecular weight is 298 g/mol. The summed E-state index contributed by atoms with van der Waals surface area (Å²) in [5.41, 5.74) is 1.10. The lowest BCUT2D eigenvalue weighted by Crippen LogP contribution is -2.38. The summed E-state index contributed by atoms with van der Waals surface area (Å²) < 4.78 is 5.27. The lowest BCUT2D eigenvalue weighted by atomic mass is 9.94. The van der Waals surface area contributed by atoms with E-state index in [9.17, 15) is 9.59 Å². The van der Waals surface area contributed by atoms with Crippen molar-refractivity contribution in [2.45, 2.75) is 44.1 Å². The van der Waals surface area contributed by atoms with Crippen LogP contribution in [0.2, 0.25) is 0 Å². The summed E-state index contributed by atoms with van der Waals surface area (Å²) >= 11 is 0. The first kappa shape index (κ1) is 13.5. The van der Waals surface area contributed by atoms with Gasteiger partial charge in [0.2, 0.25) is 5.91 Å². The molecule has 0 unspecified atom stereocenters. The van der Waals surface area contributed by atoms with Gasteiger partial charge in [0, 0.05) is 11.4 Å². The van der Waals surface area contributed by atoms with Gasteiger partial charge in [0.15, 0.2) is 11.4 Å². The molecule has 4 rings (SSSR count). The van der Waals surface area contributed by atoms with Gasteiger partial charge in [0.1, 0.15) is 11.6 Å². The van der Waals surface area contributed by atoms with Gasteiger partial charge < -0.3 is 9.42 Å². The maximum Gasteiger partial charge on any atom is 0.240 e. The third kappa shape index (κ3) is 2.03. The summed E-state index contributed by atoms with van der Waals surface area (Å²) in [4.78, 5) is 27.0. The van der Waals surface area contributed by atoms with Crippen LogP contribution in [0.4, 0.5) is 0 Å². The number of aromatic nitrogens is 1. The molecule has 1 saturated carbocycles. The van der Waals surface area contributed by atoms with Crippen LogP contribution >= 0.6 is 0 Å². The molecular formula is C17H18N2O3. The molecule has 2 aromatic rings. The normalized spacial score (nSPS) is 23.6. The minimum Gasteiger partial charge on any atom is -0.356 e.